The molecule has 0 bridgehead atoms. The standard InChI is InChI=1S/C17H12BrClFN3O3/c18-9-2-1-8(13(20)3-9)6-23-14-11(4-10(24)5-12(14)19)17(15(23)25)7-21-16(26)22-17/h1-3,5H,4,6-7H2,(H2,21,22,26). The number of rotatable bonds is 2. The van der Waals surface area contributed by atoms with Gasteiger partial charge in [-0.2, -0.15) is 0 Å². The van der Waals surface area contributed by atoms with Crippen LogP contribution < -0.4 is 10.6 Å². The van der Waals surface area contributed by atoms with Crippen LogP contribution in [0.15, 0.2) is 45.1 Å². The summed E-state index contributed by atoms with van der Waals surface area (Å²) in [4.78, 5) is 38.2. The molecule has 1 unspecified atom stereocenters. The van der Waals surface area contributed by atoms with E-state index in [9.17, 15) is 18.8 Å². The molecule has 6 nitrogen and oxygen atoms in total. The van der Waals surface area contributed by atoms with Crippen molar-refractivity contribution in [3.8, 4) is 0 Å². The van der Waals surface area contributed by atoms with Gasteiger partial charge in [0.25, 0.3) is 5.91 Å². The number of nitrogens with zero attached hydrogens (tertiary/aromatic N) is 1. The average Bonchev–Trinajstić information content (AvgIpc) is 3.05. The van der Waals surface area contributed by atoms with Crippen molar-refractivity contribution in [1.29, 1.82) is 0 Å². The maximum atomic E-state index is 14.3. The quantitative estimate of drug-likeness (QED) is 0.741. The minimum atomic E-state index is -1.36. The molecule has 9 heteroatoms. The summed E-state index contributed by atoms with van der Waals surface area (Å²) in [5.41, 5.74) is -0.259. The SMILES string of the molecule is O=C1C=C(Cl)C2=C(C1)C1(CNC(=O)N1)C(=O)N2Cc1ccc(Br)cc1F. The molecule has 1 saturated heterocycles. The Balaban J connectivity index is 1.80. The van der Waals surface area contributed by atoms with E-state index >= 15 is 0 Å². The Morgan fingerprint density at radius 3 is 2.73 bits per heavy atom. The van der Waals surface area contributed by atoms with Crippen molar-refractivity contribution >= 4 is 45.3 Å². The average molecular weight is 441 g/mol. The van der Waals surface area contributed by atoms with Crippen LogP contribution in [0, 0.1) is 5.82 Å². The van der Waals surface area contributed by atoms with Crippen LogP contribution in [0.2, 0.25) is 0 Å². The second kappa shape index (κ2) is 5.92. The van der Waals surface area contributed by atoms with Crippen LogP contribution in [0.25, 0.3) is 0 Å². The minimum Gasteiger partial charge on any atom is -0.335 e. The maximum Gasteiger partial charge on any atom is 0.316 e. The summed E-state index contributed by atoms with van der Waals surface area (Å²) in [5, 5.41) is 5.29. The van der Waals surface area contributed by atoms with Crippen LogP contribution >= 0.6 is 27.5 Å². The van der Waals surface area contributed by atoms with Crippen molar-refractivity contribution in [1.82, 2.24) is 15.5 Å². The van der Waals surface area contributed by atoms with Gasteiger partial charge in [-0.05, 0) is 17.7 Å². The molecular weight excluding hydrogens is 429 g/mol. The number of hydrogen-bond acceptors (Lipinski definition) is 3. The van der Waals surface area contributed by atoms with Gasteiger partial charge >= 0.3 is 6.03 Å². The molecule has 1 fully saturated rings. The topological polar surface area (TPSA) is 78.5 Å². The van der Waals surface area contributed by atoms with Gasteiger partial charge in [0.05, 0.1) is 23.8 Å². The predicted octanol–water partition coefficient (Wildman–Crippen LogP) is 2.33. The lowest BCUT2D eigenvalue weighted by atomic mass is 9.86. The molecule has 26 heavy (non-hydrogen) atoms. The molecule has 1 aliphatic carbocycles. The van der Waals surface area contributed by atoms with Gasteiger partial charge in [-0.25, -0.2) is 9.18 Å². The van der Waals surface area contributed by atoms with Crippen LogP contribution in [-0.2, 0) is 16.1 Å². The van der Waals surface area contributed by atoms with Crippen LogP contribution in [0.1, 0.15) is 12.0 Å². The first-order valence-corrected chi connectivity index (χ1v) is 8.95. The van der Waals surface area contributed by atoms with E-state index in [1.54, 1.807) is 12.1 Å². The highest BCUT2D eigenvalue weighted by Gasteiger charge is 2.57. The highest BCUT2D eigenvalue weighted by Crippen LogP contribution is 2.44. The number of amides is 3. The molecule has 1 spiro atoms. The van der Waals surface area contributed by atoms with E-state index in [4.69, 9.17) is 11.6 Å². The van der Waals surface area contributed by atoms with Gasteiger partial charge < -0.3 is 15.5 Å². The van der Waals surface area contributed by atoms with Crippen molar-refractivity contribution in [3.63, 3.8) is 0 Å². The van der Waals surface area contributed by atoms with Gasteiger partial charge in [-0.3, -0.25) is 9.59 Å². The molecule has 3 aliphatic rings. The number of allylic oxidation sites excluding steroid dienone is 2. The molecular formula is C17H12BrClFN3O3. The number of halogens is 3. The highest BCUT2D eigenvalue weighted by molar-refractivity contribution is 9.10. The zero-order chi connectivity index (χ0) is 18.6. The summed E-state index contributed by atoms with van der Waals surface area (Å²) in [5.74, 6) is -1.17. The van der Waals surface area contributed by atoms with Gasteiger partial charge in [0, 0.05) is 22.5 Å². The highest BCUT2D eigenvalue weighted by atomic mass is 79.9. The number of nitrogens with one attached hydrogen (secondary N) is 2. The van der Waals surface area contributed by atoms with Crippen molar-refractivity contribution in [2.75, 3.05) is 6.54 Å². The Bertz CT molecular complexity index is 945. The van der Waals surface area contributed by atoms with E-state index < -0.39 is 23.3 Å². The predicted molar refractivity (Wildman–Crippen MR) is 94.5 cm³/mol. The van der Waals surface area contributed by atoms with Gasteiger partial charge in [0.15, 0.2) is 11.3 Å². The zero-order valence-electron chi connectivity index (χ0n) is 13.2. The number of benzene rings is 1. The first-order valence-electron chi connectivity index (χ1n) is 7.78. The Morgan fingerprint density at radius 1 is 1.31 bits per heavy atom. The molecule has 4 rings (SSSR count). The van der Waals surface area contributed by atoms with Crippen LogP contribution in [0.3, 0.4) is 0 Å². The molecule has 1 aromatic rings. The van der Waals surface area contributed by atoms with Crippen molar-refractivity contribution in [2.45, 2.75) is 18.5 Å². The number of carbonyl (C=O) groups excluding carboxylic acids is 3. The number of fused-ring (bicyclic) bond motifs is 1. The van der Waals surface area contributed by atoms with Crippen molar-refractivity contribution < 1.29 is 18.8 Å². The zero-order valence-corrected chi connectivity index (χ0v) is 15.6. The molecule has 2 N–H and O–H groups in total. The largest absolute Gasteiger partial charge is 0.335 e. The van der Waals surface area contributed by atoms with E-state index in [1.807, 2.05) is 0 Å². The summed E-state index contributed by atoms with van der Waals surface area (Å²) in [6.07, 6.45) is 1.22. The van der Waals surface area contributed by atoms with Crippen molar-refractivity contribution in [2.24, 2.45) is 0 Å². The third kappa shape index (κ3) is 2.47. The van der Waals surface area contributed by atoms with Crippen LogP contribution in [-0.4, -0.2) is 34.7 Å². The van der Waals surface area contributed by atoms with E-state index in [0.717, 1.165) is 0 Å². The molecule has 1 atom stereocenters. The number of ketones is 1. The molecule has 0 saturated carbocycles. The van der Waals surface area contributed by atoms with E-state index in [2.05, 4.69) is 26.6 Å². The maximum absolute atomic E-state index is 14.3. The number of hydrogen-bond donors (Lipinski definition) is 2. The fourth-order valence-corrected chi connectivity index (χ4v) is 4.22. The van der Waals surface area contributed by atoms with Gasteiger partial charge in [-0.15, -0.1) is 0 Å². The van der Waals surface area contributed by atoms with Crippen LogP contribution in [0.4, 0.5) is 9.18 Å². The molecule has 3 amide bonds. The normalized spacial score (nSPS) is 24.8. The fraction of sp³-hybridized carbons (Fsp3) is 0.235. The Hall–Kier alpha value is -2.19. The summed E-state index contributed by atoms with van der Waals surface area (Å²) in [6, 6.07) is 4.04. The second-order valence-corrected chi connectivity index (χ2v) is 7.63. The van der Waals surface area contributed by atoms with Crippen LogP contribution in [0.5, 0.6) is 0 Å². The smallest absolute Gasteiger partial charge is 0.316 e. The monoisotopic (exact) mass is 439 g/mol. The van der Waals surface area contributed by atoms with E-state index in [-0.39, 0.29) is 30.3 Å². The van der Waals surface area contributed by atoms with Gasteiger partial charge in [0.2, 0.25) is 0 Å². The summed E-state index contributed by atoms with van der Waals surface area (Å²) in [6.45, 7) is -0.0487. The van der Waals surface area contributed by atoms with E-state index in [0.29, 0.717) is 21.3 Å². The van der Waals surface area contributed by atoms with Gasteiger partial charge in [-0.1, -0.05) is 33.6 Å². The molecule has 2 heterocycles. The number of carbonyl (C=O) groups is 3. The number of urea groups is 1. The molecule has 0 aromatic heterocycles. The Kier molecular flexibility index (Phi) is 3.92. The Morgan fingerprint density at radius 2 is 2.08 bits per heavy atom. The molecule has 1 aromatic carbocycles. The molecule has 2 aliphatic heterocycles. The van der Waals surface area contributed by atoms with Gasteiger partial charge in [0.1, 0.15) is 5.82 Å². The molecule has 0 radical (unpaired) electrons. The summed E-state index contributed by atoms with van der Waals surface area (Å²) < 4.78 is 14.9. The third-order valence-corrected chi connectivity index (χ3v) is 5.51. The fourth-order valence-electron chi connectivity index (χ4n) is 3.55. The lowest BCUT2D eigenvalue weighted by Crippen LogP contribution is -2.53. The first kappa shape index (κ1) is 17.2. The van der Waals surface area contributed by atoms with E-state index in [1.165, 1.54) is 17.0 Å². The third-order valence-electron chi connectivity index (χ3n) is 4.73. The Labute approximate surface area is 161 Å². The summed E-state index contributed by atoms with van der Waals surface area (Å²) in [7, 11) is 0. The lowest BCUT2D eigenvalue weighted by Gasteiger charge is -2.25. The second-order valence-electron chi connectivity index (χ2n) is 6.30. The van der Waals surface area contributed by atoms with Crippen molar-refractivity contribution in [3.05, 3.63) is 56.4 Å². The lowest BCUT2D eigenvalue weighted by molar-refractivity contribution is -0.132. The summed E-state index contributed by atoms with van der Waals surface area (Å²) >= 11 is 9.45. The molecule has 134 valence electrons. The first-order chi connectivity index (χ1) is 12.3. The minimum absolute atomic E-state index is 0.0142.